The molecule has 7 heteroatoms. The van der Waals surface area contributed by atoms with Crippen LogP contribution in [0.5, 0.6) is 0 Å². The van der Waals surface area contributed by atoms with Crippen molar-refractivity contribution in [1.82, 2.24) is 0 Å². The largest absolute Gasteiger partial charge is 0.416 e. The summed E-state index contributed by atoms with van der Waals surface area (Å²) < 4.78 is 37.8. The lowest BCUT2D eigenvalue weighted by atomic mass is 9.93. The van der Waals surface area contributed by atoms with E-state index < -0.39 is 23.6 Å². The molecule has 0 aromatic heterocycles. The Balaban J connectivity index is 2.15. The number of rotatable bonds is 0. The fraction of sp³-hybridized carbons (Fsp3) is 0.182. The van der Waals surface area contributed by atoms with Gasteiger partial charge in [0.15, 0.2) is 0 Å². The highest BCUT2D eigenvalue weighted by Crippen LogP contribution is 2.36. The number of hydrogen-bond donors (Lipinski definition) is 0. The minimum absolute atomic E-state index is 0.177. The van der Waals surface area contributed by atoms with Crippen molar-refractivity contribution in [1.29, 1.82) is 0 Å². The third-order valence-corrected chi connectivity index (χ3v) is 2.75. The lowest BCUT2D eigenvalue weighted by Gasteiger charge is -2.15. The Morgan fingerprint density at radius 1 is 1.28 bits per heavy atom. The summed E-state index contributed by atoms with van der Waals surface area (Å²) in [5.74, 6) is -1.43. The number of halogens is 3. The molecule has 1 unspecified atom stereocenters. The smallest absolute Gasteiger partial charge is 0.317 e. The number of oxime groups is 1. The Bertz CT molecular complexity index is 605. The van der Waals surface area contributed by atoms with E-state index >= 15 is 0 Å². The average molecular weight is 254 g/mol. The van der Waals surface area contributed by atoms with Crippen LogP contribution in [0, 0.1) is 5.92 Å². The Morgan fingerprint density at radius 2 is 2.06 bits per heavy atom. The molecule has 0 bridgehead atoms. The lowest BCUT2D eigenvalue weighted by molar-refractivity contribution is -0.141. The number of fused-ring (bicyclic) bond motifs is 3. The van der Waals surface area contributed by atoms with Gasteiger partial charge < -0.3 is 4.84 Å². The van der Waals surface area contributed by atoms with E-state index in [9.17, 15) is 18.0 Å². The van der Waals surface area contributed by atoms with Crippen LogP contribution in [0.2, 0.25) is 0 Å². The zero-order valence-electron chi connectivity index (χ0n) is 8.73. The van der Waals surface area contributed by atoms with Crippen LogP contribution in [-0.2, 0) is 15.8 Å². The summed E-state index contributed by atoms with van der Waals surface area (Å²) >= 11 is 0. The van der Waals surface area contributed by atoms with Gasteiger partial charge in [-0.25, -0.2) is 4.79 Å². The molecule has 1 atom stereocenters. The second-order valence-electron chi connectivity index (χ2n) is 3.87. The van der Waals surface area contributed by atoms with Crippen molar-refractivity contribution in [2.45, 2.75) is 6.18 Å². The van der Waals surface area contributed by atoms with Crippen molar-refractivity contribution < 1.29 is 22.8 Å². The first kappa shape index (κ1) is 10.9. The molecule has 0 saturated carbocycles. The molecule has 0 spiro atoms. The highest BCUT2D eigenvalue weighted by Gasteiger charge is 2.38. The van der Waals surface area contributed by atoms with Gasteiger partial charge in [-0.2, -0.15) is 13.2 Å². The predicted molar refractivity (Wildman–Crippen MR) is 55.7 cm³/mol. The highest BCUT2D eigenvalue weighted by molar-refractivity contribution is 6.26. The van der Waals surface area contributed by atoms with E-state index in [1.165, 1.54) is 12.3 Å². The summed E-state index contributed by atoms with van der Waals surface area (Å²) in [6.45, 7) is 0. The number of nitrogens with zero attached hydrogens (tertiary/aromatic N) is 2. The highest BCUT2D eigenvalue weighted by atomic mass is 19.4. The van der Waals surface area contributed by atoms with Crippen LogP contribution in [0.1, 0.15) is 11.1 Å². The van der Waals surface area contributed by atoms with Crippen LogP contribution >= 0.6 is 0 Å². The quantitative estimate of drug-likeness (QED) is 0.667. The number of alkyl halides is 3. The van der Waals surface area contributed by atoms with E-state index in [1.807, 2.05) is 0 Å². The van der Waals surface area contributed by atoms with E-state index in [2.05, 4.69) is 15.0 Å². The van der Waals surface area contributed by atoms with Gasteiger partial charge in [0.05, 0.1) is 11.3 Å². The molecule has 0 saturated heterocycles. The third kappa shape index (κ3) is 1.51. The number of carbonyl (C=O) groups excluding carboxylic acids is 1. The minimum atomic E-state index is -4.45. The standard InChI is InChI=1S/C11H5F3N2O2/c12-11(13,14)5-1-2-8-6(3-5)9-7(4-15-8)10(17)18-16-9/h1-4,7H. The van der Waals surface area contributed by atoms with E-state index in [-0.39, 0.29) is 11.3 Å². The van der Waals surface area contributed by atoms with Crippen LogP contribution in [0.4, 0.5) is 18.9 Å². The van der Waals surface area contributed by atoms with Crippen molar-refractivity contribution in [2.24, 2.45) is 16.1 Å². The molecular formula is C11H5F3N2O2. The summed E-state index contributed by atoms with van der Waals surface area (Å²) in [4.78, 5) is 19.6. The number of benzene rings is 1. The van der Waals surface area contributed by atoms with Crippen molar-refractivity contribution in [2.75, 3.05) is 0 Å². The van der Waals surface area contributed by atoms with Crippen LogP contribution in [-0.4, -0.2) is 17.9 Å². The van der Waals surface area contributed by atoms with Crippen LogP contribution in [0.3, 0.4) is 0 Å². The second kappa shape index (κ2) is 3.41. The van der Waals surface area contributed by atoms with Crippen LogP contribution in [0.15, 0.2) is 28.3 Å². The first-order valence-electron chi connectivity index (χ1n) is 5.01. The van der Waals surface area contributed by atoms with E-state index in [4.69, 9.17) is 0 Å². The molecule has 18 heavy (non-hydrogen) atoms. The normalized spacial score (nSPS) is 21.2. The Hall–Kier alpha value is -2.18. The van der Waals surface area contributed by atoms with Gasteiger partial charge in [-0.05, 0) is 18.2 Å². The summed E-state index contributed by atoms with van der Waals surface area (Å²) in [6.07, 6.45) is -3.13. The molecule has 0 fully saturated rings. The Labute approximate surface area is 98.8 Å². The summed E-state index contributed by atoms with van der Waals surface area (Å²) in [7, 11) is 0. The SMILES string of the molecule is O=C1ON=C2c3cc(C(F)(F)F)ccc3N=CC12. The monoisotopic (exact) mass is 254 g/mol. The lowest BCUT2D eigenvalue weighted by Crippen LogP contribution is -2.23. The fourth-order valence-electron chi connectivity index (χ4n) is 1.85. The third-order valence-electron chi connectivity index (χ3n) is 2.75. The number of carbonyl (C=O) groups is 1. The van der Waals surface area contributed by atoms with Crippen molar-refractivity contribution in [3.63, 3.8) is 0 Å². The molecule has 0 aliphatic carbocycles. The van der Waals surface area contributed by atoms with Gasteiger partial charge >= 0.3 is 12.1 Å². The van der Waals surface area contributed by atoms with Gasteiger partial charge in [0.1, 0.15) is 11.6 Å². The topological polar surface area (TPSA) is 51.0 Å². The Kier molecular flexibility index (Phi) is 2.07. The molecule has 3 rings (SSSR count). The number of aliphatic imine (C=N–C) groups is 1. The minimum Gasteiger partial charge on any atom is -0.317 e. The van der Waals surface area contributed by atoms with Gasteiger partial charge in [0.2, 0.25) is 0 Å². The second-order valence-corrected chi connectivity index (χ2v) is 3.87. The first-order chi connectivity index (χ1) is 8.47. The van der Waals surface area contributed by atoms with Gasteiger partial charge in [0, 0.05) is 11.8 Å². The van der Waals surface area contributed by atoms with E-state index in [0.29, 0.717) is 5.69 Å². The molecule has 2 aliphatic heterocycles. The molecule has 4 nitrogen and oxygen atoms in total. The van der Waals surface area contributed by atoms with Gasteiger partial charge in [-0.15, -0.1) is 0 Å². The van der Waals surface area contributed by atoms with Crippen molar-refractivity contribution >= 4 is 23.6 Å². The average Bonchev–Trinajstić information content (AvgIpc) is 2.70. The van der Waals surface area contributed by atoms with Gasteiger partial charge in [0.25, 0.3) is 0 Å². The van der Waals surface area contributed by atoms with Gasteiger partial charge in [-0.3, -0.25) is 4.99 Å². The first-order valence-corrected chi connectivity index (χ1v) is 5.01. The fourth-order valence-corrected chi connectivity index (χ4v) is 1.85. The zero-order valence-corrected chi connectivity index (χ0v) is 8.73. The number of hydrogen-bond acceptors (Lipinski definition) is 4. The summed E-state index contributed by atoms with van der Waals surface area (Å²) in [5, 5.41) is 3.51. The van der Waals surface area contributed by atoms with E-state index in [1.54, 1.807) is 0 Å². The summed E-state index contributed by atoms with van der Waals surface area (Å²) in [6, 6.07) is 3.12. The summed E-state index contributed by atoms with van der Waals surface area (Å²) in [5.41, 5.74) is -0.102. The molecule has 1 aromatic carbocycles. The molecular weight excluding hydrogens is 249 g/mol. The van der Waals surface area contributed by atoms with Crippen molar-refractivity contribution in [3.05, 3.63) is 29.3 Å². The van der Waals surface area contributed by atoms with Crippen molar-refractivity contribution in [3.8, 4) is 0 Å². The van der Waals surface area contributed by atoms with Crippen LogP contribution in [0.25, 0.3) is 0 Å². The molecule has 0 N–H and O–H groups in total. The van der Waals surface area contributed by atoms with Gasteiger partial charge in [-0.1, -0.05) is 5.16 Å². The zero-order chi connectivity index (χ0) is 12.9. The predicted octanol–water partition coefficient (Wildman–Crippen LogP) is 2.30. The maximum Gasteiger partial charge on any atom is 0.416 e. The molecule has 92 valence electrons. The maximum absolute atomic E-state index is 12.6. The van der Waals surface area contributed by atoms with Crippen LogP contribution < -0.4 is 0 Å². The molecule has 0 radical (unpaired) electrons. The maximum atomic E-state index is 12.6. The molecule has 1 aromatic rings. The molecule has 0 amide bonds. The van der Waals surface area contributed by atoms with E-state index in [0.717, 1.165) is 12.1 Å². The molecule has 2 heterocycles. The molecule has 2 aliphatic rings. The Morgan fingerprint density at radius 3 is 2.78 bits per heavy atom.